The van der Waals surface area contributed by atoms with Gasteiger partial charge in [0, 0.05) is 0 Å². The summed E-state index contributed by atoms with van der Waals surface area (Å²) in [7, 11) is 0. The number of hydrogen-bond donors (Lipinski definition) is 1. The standard InChI is InChI=1S/C21H15F3O3/c22-21(23,24)18-9-5-4-8-16(18)15-10-11-19(17(12-15)20(25)26)27-13-14-6-2-1-3-7-14/h1-12H,13H2,(H,25,26). The van der Waals surface area contributed by atoms with E-state index in [1.54, 1.807) is 0 Å². The number of halogens is 3. The molecule has 0 aliphatic heterocycles. The summed E-state index contributed by atoms with van der Waals surface area (Å²) in [5.41, 5.74) is -0.0884. The fourth-order valence-corrected chi connectivity index (χ4v) is 2.71. The van der Waals surface area contributed by atoms with E-state index in [9.17, 15) is 23.1 Å². The second-order valence-electron chi connectivity index (χ2n) is 5.83. The predicted octanol–water partition coefficient (Wildman–Crippen LogP) is 5.65. The third-order valence-corrected chi connectivity index (χ3v) is 3.99. The summed E-state index contributed by atoms with van der Waals surface area (Å²) in [5.74, 6) is -1.18. The van der Waals surface area contributed by atoms with E-state index in [-0.39, 0.29) is 29.0 Å². The molecule has 3 nitrogen and oxygen atoms in total. The minimum atomic E-state index is -4.54. The molecule has 3 aromatic carbocycles. The van der Waals surface area contributed by atoms with E-state index in [0.717, 1.165) is 11.6 Å². The van der Waals surface area contributed by atoms with Gasteiger partial charge in [-0.15, -0.1) is 0 Å². The van der Waals surface area contributed by atoms with Gasteiger partial charge in [0.1, 0.15) is 17.9 Å². The van der Waals surface area contributed by atoms with Gasteiger partial charge in [-0.2, -0.15) is 13.2 Å². The summed E-state index contributed by atoms with van der Waals surface area (Å²) in [6, 6.07) is 18.2. The van der Waals surface area contributed by atoms with Crippen LogP contribution >= 0.6 is 0 Å². The summed E-state index contributed by atoms with van der Waals surface area (Å²) in [6.45, 7) is 0.152. The quantitative estimate of drug-likeness (QED) is 0.630. The maximum atomic E-state index is 13.2. The number of carbonyl (C=O) groups is 1. The number of carboxylic acid groups (broad SMARTS) is 1. The minimum Gasteiger partial charge on any atom is -0.488 e. The largest absolute Gasteiger partial charge is 0.488 e. The number of rotatable bonds is 5. The van der Waals surface area contributed by atoms with Crippen molar-refractivity contribution in [2.45, 2.75) is 12.8 Å². The molecular formula is C21H15F3O3. The Hall–Kier alpha value is -3.28. The average Bonchev–Trinajstić information content (AvgIpc) is 2.66. The Balaban J connectivity index is 1.96. The highest BCUT2D eigenvalue weighted by Gasteiger charge is 2.33. The van der Waals surface area contributed by atoms with Gasteiger partial charge >= 0.3 is 12.1 Å². The molecule has 0 atom stereocenters. The van der Waals surface area contributed by atoms with Crippen molar-refractivity contribution in [1.82, 2.24) is 0 Å². The van der Waals surface area contributed by atoms with Gasteiger partial charge in [-0.25, -0.2) is 4.79 Å². The third kappa shape index (κ3) is 4.28. The Bertz CT molecular complexity index is 950. The van der Waals surface area contributed by atoms with Gasteiger partial charge in [0.15, 0.2) is 0 Å². The topological polar surface area (TPSA) is 46.5 Å². The van der Waals surface area contributed by atoms with Crippen molar-refractivity contribution in [3.63, 3.8) is 0 Å². The molecule has 6 heteroatoms. The van der Waals surface area contributed by atoms with Crippen LogP contribution in [0.3, 0.4) is 0 Å². The van der Waals surface area contributed by atoms with E-state index in [1.807, 2.05) is 30.3 Å². The Kier molecular flexibility index (Phi) is 5.16. The predicted molar refractivity (Wildman–Crippen MR) is 94.6 cm³/mol. The van der Waals surface area contributed by atoms with E-state index in [0.29, 0.717) is 0 Å². The van der Waals surface area contributed by atoms with Crippen LogP contribution in [0.15, 0.2) is 72.8 Å². The maximum absolute atomic E-state index is 13.2. The Morgan fingerprint density at radius 3 is 2.26 bits per heavy atom. The molecule has 0 fully saturated rings. The monoisotopic (exact) mass is 372 g/mol. The van der Waals surface area contributed by atoms with Crippen molar-refractivity contribution in [2.75, 3.05) is 0 Å². The van der Waals surface area contributed by atoms with Gasteiger partial charge in [0.2, 0.25) is 0 Å². The van der Waals surface area contributed by atoms with E-state index in [4.69, 9.17) is 4.74 Å². The lowest BCUT2D eigenvalue weighted by Crippen LogP contribution is -2.08. The zero-order chi connectivity index (χ0) is 19.4. The normalized spacial score (nSPS) is 11.2. The first-order chi connectivity index (χ1) is 12.9. The molecule has 0 saturated heterocycles. The Morgan fingerprint density at radius 2 is 1.59 bits per heavy atom. The van der Waals surface area contributed by atoms with Gasteiger partial charge < -0.3 is 9.84 Å². The number of carboxylic acids is 1. The lowest BCUT2D eigenvalue weighted by molar-refractivity contribution is -0.137. The number of benzene rings is 3. The number of aromatic carboxylic acids is 1. The number of alkyl halides is 3. The van der Waals surface area contributed by atoms with E-state index >= 15 is 0 Å². The zero-order valence-electron chi connectivity index (χ0n) is 14.0. The average molecular weight is 372 g/mol. The molecule has 27 heavy (non-hydrogen) atoms. The molecule has 0 spiro atoms. The van der Waals surface area contributed by atoms with Crippen molar-refractivity contribution in [1.29, 1.82) is 0 Å². The fourth-order valence-electron chi connectivity index (χ4n) is 2.71. The fraction of sp³-hybridized carbons (Fsp3) is 0.0952. The highest BCUT2D eigenvalue weighted by atomic mass is 19.4. The van der Waals surface area contributed by atoms with Crippen LogP contribution in [0.1, 0.15) is 21.5 Å². The van der Waals surface area contributed by atoms with Crippen LogP contribution in [0.4, 0.5) is 13.2 Å². The van der Waals surface area contributed by atoms with Crippen molar-refractivity contribution < 1.29 is 27.8 Å². The van der Waals surface area contributed by atoms with E-state index in [1.165, 1.54) is 36.4 Å². The summed E-state index contributed by atoms with van der Waals surface area (Å²) in [6.07, 6.45) is -4.54. The molecule has 1 N–H and O–H groups in total. The van der Waals surface area contributed by atoms with E-state index in [2.05, 4.69) is 0 Å². The second kappa shape index (κ2) is 7.53. The summed E-state index contributed by atoms with van der Waals surface area (Å²) < 4.78 is 45.3. The second-order valence-corrected chi connectivity index (χ2v) is 5.83. The van der Waals surface area contributed by atoms with Gasteiger partial charge in [-0.1, -0.05) is 54.6 Å². The minimum absolute atomic E-state index is 0.0814. The lowest BCUT2D eigenvalue weighted by Gasteiger charge is -2.15. The highest BCUT2D eigenvalue weighted by Crippen LogP contribution is 2.38. The van der Waals surface area contributed by atoms with Crippen LogP contribution in [0, 0.1) is 0 Å². The maximum Gasteiger partial charge on any atom is 0.417 e. The lowest BCUT2D eigenvalue weighted by atomic mass is 9.97. The summed E-state index contributed by atoms with van der Waals surface area (Å²) in [4.78, 5) is 11.6. The van der Waals surface area contributed by atoms with Gasteiger partial charge in [0.25, 0.3) is 0 Å². The first-order valence-corrected chi connectivity index (χ1v) is 8.07. The summed E-state index contributed by atoms with van der Waals surface area (Å²) >= 11 is 0. The molecule has 0 aliphatic rings. The number of hydrogen-bond acceptors (Lipinski definition) is 2. The molecule has 0 saturated carbocycles. The van der Waals surface area contributed by atoms with E-state index < -0.39 is 17.7 Å². The van der Waals surface area contributed by atoms with Crippen LogP contribution < -0.4 is 4.74 Å². The molecule has 138 valence electrons. The Labute approximate surface area is 153 Å². The highest BCUT2D eigenvalue weighted by molar-refractivity contribution is 5.93. The molecule has 3 aromatic rings. The molecular weight excluding hydrogens is 357 g/mol. The molecule has 0 amide bonds. The Morgan fingerprint density at radius 1 is 0.926 bits per heavy atom. The first-order valence-electron chi connectivity index (χ1n) is 8.07. The molecule has 3 rings (SSSR count). The first kappa shape index (κ1) is 18.5. The van der Waals surface area contributed by atoms with Crippen molar-refractivity contribution in [3.8, 4) is 16.9 Å². The van der Waals surface area contributed by atoms with Crippen molar-refractivity contribution >= 4 is 5.97 Å². The zero-order valence-corrected chi connectivity index (χ0v) is 14.0. The summed E-state index contributed by atoms with van der Waals surface area (Å²) in [5, 5.41) is 9.46. The molecule has 0 bridgehead atoms. The molecule has 0 radical (unpaired) electrons. The third-order valence-electron chi connectivity index (χ3n) is 3.99. The van der Waals surface area contributed by atoms with Crippen LogP contribution in [-0.4, -0.2) is 11.1 Å². The van der Waals surface area contributed by atoms with Crippen LogP contribution in [-0.2, 0) is 12.8 Å². The van der Waals surface area contributed by atoms with Crippen molar-refractivity contribution in [3.05, 3.63) is 89.5 Å². The molecule has 0 heterocycles. The molecule has 0 unspecified atom stereocenters. The van der Waals surface area contributed by atoms with Crippen LogP contribution in [0.5, 0.6) is 5.75 Å². The van der Waals surface area contributed by atoms with Crippen LogP contribution in [0.2, 0.25) is 0 Å². The van der Waals surface area contributed by atoms with Gasteiger partial charge in [0.05, 0.1) is 5.56 Å². The van der Waals surface area contributed by atoms with Crippen LogP contribution in [0.25, 0.3) is 11.1 Å². The van der Waals surface area contributed by atoms with Crippen molar-refractivity contribution in [2.24, 2.45) is 0 Å². The molecule has 0 aliphatic carbocycles. The number of ether oxygens (including phenoxy) is 1. The smallest absolute Gasteiger partial charge is 0.417 e. The molecule has 0 aromatic heterocycles. The SMILES string of the molecule is O=C(O)c1cc(-c2ccccc2C(F)(F)F)ccc1OCc1ccccc1. The van der Waals surface area contributed by atoms with Gasteiger partial charge in [-0.05, 0) is 34.9 Å². The van der Waals surface area contributed by atoms with Gasteiger partial charge in [-0.3, -0.25) is 0 Å².